The molecule has 0 unspecified atom stereocenters. The van der Waals surface area contributed by atoms with E-state index in [0.29, 0.717) is 0 Å². The molecule has 3 rings (SSSR count). The number of nitrogens with zero attached hydrogens (tertiary/aromatic N) is 2. The Kier molecular flexibility index (Phi) is 9.84. The average Bonchev–Trinajstić information content (AvgIpc) is 3.07. The molecule has 0 spiro atoms. The third-order valence-corrected chi connectivity index (χ3v) is 6.65. The first-order chi connectivity index (χ1) is 13.7. The van der Waals surface area contributed by atoms with Crippen LogP contribution >= 0.6 is 11.3 Å². The normalized spacial score (nSPS) is 13.9. The zero-order valence-electron chi connectivity index (χ0n) is 19.4. The number of aromatic carboxylic acids is 1. The van der Waals surface area contributed by atoms with Crippen molar-refractivity contribution in [1.82, 2.24) is 4.98 Å². The Balaban J connectivity index is 0.000000627. The summed E-state index contributed by atoms with van der Waals surface area (Å²) in [5, 5.41) is 10.2. The van der Waals surface area contributed by atoms with Crippen LogP contribution in [0, 0.1) is 6.92 Å². The van der Waals surface area contributed by atoms with Crippen LogP contribution in [0.5, 0.6) is 0 Å². The molecule has 162 valence electrons. The molecule has 0 saturated carbocycles. The lowest BCUT2D eigenvalue weighted by molar-refractivity contribution is 0.0696. The molecule has 1 aliphatic rings. The van der Waals surface area contributed by atoms with Crippen molar-refractivity contribution < 1.29 is 9.90 Å². The standard InChI is InChI=1S/C18H22N2O2S.C4H10.C2H6/c1-11-15-13(6-5-9-18(15,2)3)23-16(11)20(4)14-8-7-12(10-19-14)17(21)22;1-3-4-2;1-2/h7-8,10H,5-6,9H2,1-4H3,(H,21,22);3-4H2,1-2H3;1-2H3. The minimum atomic E-state index is -0.948. The van der Waals surface area contributed by atoms with Gasteiger partial charge in [0.1, 0.15) is 5.82 Å². The molecule has 0 aromatic carbocycles. The molecule has 29 heavy (non-hydrogen) atoms. The molecular formula is C24H38N2O2S. The number of anilines is 2. The SMILES string of the molecule is CC.CCCC.Cc1c(N(C)c2ccc(C(=O)O)cn2)sc2c1C(C)(C)CCC2. The summed E-state index contributed by atoms with van der Waals surface area (Å²) in [6, 6.07) is 3.38. The van der Waals surface area contributed by atoms with Gasteiger partial charge >= 0.3 is 5.97 Å². The monoisotopic (exact) mass is 418 g/mol. The molecule has 2 heterocycles. The molecule has 1 N–H and O–H groups in total. The number of thiophene rings is 1. The Morgan fingerprint density at radius 2 is 1.86 bits per heavy atom. The number of carboxylic acid groups (broad SMARTS) is 1. The first-order valence-electron chi connectivity index (χ1n) is 10.8. The van der Waals surface area contributed by atoms with Gasteiger partial charge in [-0.1, -0.05) is 54.4 Å². The van der Waals surface area contributed by atoms with Gasteiger partial charge in [-0.25, -0.2) is 9.78 Å². The van der Waals surface area contributed by atoms with Crippen molar-refractivity contribution in [1.29, 1.82) is 0 Å². The number of hydrogen-bond donors (Lipinski definition) is 1. The Morgan fingerprint density at radius 1 is 1.24 bits per heavy atom. The fourth-order valence-electron chi connectivity index (χ4n) is 3.57. The Morgan fingerprint density at radius 3 is 2.31 bits per heavy atom. The number of rotatable bonds is 4. The molecule has 0 bridgehead atoms. The van der Waals surface area contributed by atoms with E-state index >= 15 is 0 Å². The zero-order chi connectivity index (χ0) is 22.2. The van der Waals surface area contributed by atoms with Crippen molar-refractivity contribution in [3.63, 3.8) is 0 Å². The number of hydrogen-bond acceptors (Lipinski definition) is 4. The van der Waals surface area contributed by atoms with E-state index in [2.05, 4.69) is 44.5 Å². The smallest absolute Gasteiger partial charge is 0.337 e. The van der Waals surface area contributed by atoms with Crippen molar-refractivity contribution in [3.05, 3.63) is 39.9 Å². The summed E-state index contributed by atoms with van der Waals surface area (Å²) >= 11 is 1.85. The maximum absolute atomic E-state index is 11.0. The number of pyridine rings is 1. The Hall–Kier alpha value is -1.88. The first kappa shape index (κ1) is 25.2. The Labute approximate surface area is 181 Å². The molecule has 2 aromatic rings. The lowest BCUT2D eigenvalue weighted by Crippen LogP contribution is -2.23. The van der Waals surface area contributed by atoms with Crippen LogP contribution in [0.25, 0.3) is 0 Å². The molecule has 0 atom stereocenters. The van der Waals surface area contributed by atoms with Gasteiger partial charge in [-0.15, -0.1) is 11.3 Å². The molecular weight excluding hydrogens is 380 g/mol. The molecule has 0 radical (unpaired) electrons. The fraction of sp³-hybridized carbons (Fsp3) is 0.583. The minimum absolute atomic E-state index is 0.213. The summed E-state index contributed by atoms with van der Waals surface area (Å²) in [7, 11) is 2.00. The van der Waals surface area contributed by atoms with Crippen LogP contribution in [-0.4, -0.2) is 23.1 Å². The van der Waals surface area contributed by atoms with Gasteiger partial charge in [0, 0.05) is 18.1 Å². The number of aromatic nitrogens is 1. The van der Waals surface area contributed by atoms with Gasteiger partial charge < -0.3 is 10.0 Å². The Bertz CT molecular complexity index is 777. The largest absolute Gasteiger partial charge is 0.478 e. The second-order valence-corrected chi connectivity index (χ2v) is 8.92. The van der Waals surface area contributed by atoms with Crippen molar-refractivity contribution >= 4 is 28.1 Å². The number of fused-ring (bicyclic) bond motifs is 1. The summed E-state index contributed by atoms with van der Waals surface area (Å²) in [4.78, 5) is 18.8. The molecule has 0 aliphatic heterocycles. The van der Waals surface area contributed by atoms with Gasteiger partial charge in [0.05, 0.1) is 10.6 Å². The number of aryl methyl sites for hydroxylation is 1. The van der Waals surface area contributed by atoms with Crippen LogP contribution in [0.2, 0.25) is 0 Å². The van der Waals surface area contributed by atoms with Crippen LogP contribution in [-0.2, 0) is 11.8 Å². The topological polar surface area (TPSA) is 53.4 Å². The average molecular weight is 419 g/mol. The summed E-state index contributed by atoms with van der Waals surface area (Å²) in [5.74, 6) is -0.175. The van der Waals surface area contributed by atoms with E-state index in [9.17, 15) is 4.79 Å². The van der Waals surface area contributed by atoms with Gasteiger partial charge in [-0.05, 0) is 54.9 Å². The summed E-state index contributed by atoms with van der Waals surface area (Å²) in [6.07, 6.45) is 7.69. The molecule has 1 aliphatic carbocycles. The van der Waals surface area contributed by atoms with E-state index in [0.717, 1.165) is 12.2 Å². The molecule has 0 amide bonds. The third-order valence-electron chi connectivity index (χ3n) is 5.22. The quantitative estimate of drug-likeness (QED) is 0.563. The zero-order valence-corrected chi connectivity index (χ0v) is 20.2. The van der Waals surface area contributed by atoms with Gasteiger partial charge in [0.25, 0.3) is 0 Å². The lowest BCUT2D eigenvalue weighted by Gasteiger charge is -2.31. The lowest BCUT2D eigenvalue weighted by atomic mass is 9.74. The number of carbonyl (C=O) groups is 1. The molecule has 2 aromatic heterocycles. The second-order valence-electron chi connectivity index (χ2n) is 7.84. The van der Waals surface area contributed by atoms with E-state index in [1.165, 1.54) is 52.9 Å². The van der Waals surface area contributed by atoms with Crippen LogP contribution in [0.4, 0.5) is 10.8 Å². The highest BCUT2D eigenvalue weighted by Gasteiger charge is 2.33. The maximum Gasteiger partial charge on any atom is 0.337 e. The van der Waals surface area contributed by atoms with E-state index in [1.54, 1.807) is 12.1 Å². The van der Waals surface area contributed by atoms with Gasteiger partial charge in [0.15, 0.2) is 0 Å². The third kappa shape index (κ3) is 6.05. The van der Waals surface area contributed by atoms with Crippen LogP contribution < -0.4 is 4.90 Å². The fourth-order valence-corrected chi connectivity index (χ4v) is 5.07. The van der Waals surface area contributed by atoms with Gasteiger partial charge in [0.2, 0.25) is 0 Å². The predicted octanol–water partition coefficient (Wildman–Crippen LogP) is 7.36. The van der Waals surface area contributed by atoms with E-state index < -0.39 is 5.97 Å². The van der Waals surface area contributed by atoms with E-state index in [-0.39, 0.29) is 11.0 Å². The highest BCUT2D eigenvalue weighted by molar-refractivity contribution is 7.16. The van der Waals surface area contributed by atoms with Crippen LogP contribution in [0.1, 0.15) is 93.6 Å². The minimum Gasteiger partial charge on any atom is -0.478 e. The summed E-state index contributed by atoms with van der Waals surface area (Å²) in [6.45, 7) is 15.2. The van der Waals surface area contributed by atoms with Crippen LogP contribution in [0.3, 0.4) is 0 Å². The molecule has 0 saturated heterocycles. The van der Waals surface area contributed by atoms with Gasteiger partial charge in [-0.2, -0.15) is 0 Å². The van der Waals surface area contributed by atoms with E-state index in [1.807, 2.05) is 32.2 Å². The van der Waals surface area contributed by atoms with Crippen molar-refractivity contribution in [2.75, 3.05) is 11.9 Å². The van der Waals surface area contributed by atoms with Crippen LogP contribution in [0.15, 0.2) is 18.3 Å². The van der Waals surface area contributed by atoms with E-state index in [4.69, 9.17) is 5.11 Å². The van der Waals surface area contributed by atoms with Crippen molar-refractivity contribution in [3.8, 4) is 0 Å². The molecule has 5 heteroatoms. The number of unbranched alkanes of at least 4 members (excludes halogenated alkanes) is 1. The highest BCUT2D eigenvalue weighted by Crippen LogP contribution is 2.47. The van der Waals surface area contributed by atoms with Crippen molar-refractivity contribution in [2.24, 2.45) is 0 Å². The second kappa shape index (κ2) is 11.3. The molecule has 0 fully saturated rings. The number of carboxylic acids is 1. The summed E-state index contributed by atoms with van der Waals surface area (Å²) < 4.78 is 0. The summed E-state index contributed by atoms with van der Waals surface area (Å²) in [5.41, 5.74) is 3.28. The van der Waals surface area contributed by atoms with Gasteiger partial charge in [-0.3, -0.25) is 0 Å². The predicted molar refractivity (Wildman–Crippen MR) is 126 cm³/mol. The first-order valence-corrected chi connectivity index (χ1v) is 11.6. The van der Waals surface area contributed by atoms with Crippen molar-refractivity contribution in [2.45, 2.75) is 86.0 Å². The maximum atomic E-state index is 11.0. The molecule has 4 nitrogen and oxygen atoms in total. The highest BCUT2D eigenvalue weighted by atomic mass is 32.1.